The Bertz CT molecular complexity index is 1160. The highest BCUT2D eigenvalue weighted by atomic mass is 19.4. The molecular weight excluding hydrogens is 425 g/mol. The van der Waals surface area contributed by atoms with Crippen LogP contribution in [0.5, 0.6) is 0 Å². The zero-order valence-electron chi connectivity index (χ0n) is 16.7. The van der Waals surface area contributed by atoms with Gasteiger partial charge in [-0.15, -0.1) is 0 Å². The van der Waals surface area contributed by atoms with Gasteiger partial charge in [-0.2, -0.15) is 13.2 Å². The van der Waals surface area contributed by atoms with Crippen molar-refractivity contribution in [2.75, 3.05) is 17.7 Å². The zero-order valence-corrected chi connectivity index (χ0v) is 16.7. The van der Waals surface area contributed by atoms with Gasteiger partial charge in [0.2, 0.25) is 0 Å². The number of ether oxygens (including phenoxy) is 1. The number of hydrogen-bond donors (Lipinski definition) is 2. The summed E-state index contributed by atoms with van der Waals surface area (Å²) in [5, 5.41) is 4.74. The number of alkyl halides is 3. The molecule has 2 amide bonds. The first-order chi connectivity index (χ1) is 15.2. The van der Waals surface area contributed by atoms with Gasteiger partial charge in [-0.1, -0.05) is 30.3 Å². The Balaban J connectivity index is 1.93. The molecule has 32 heavy (non-hydrogen) atoms. The lowest BCUT2D eigenvalue weighted by Gasteiger charge is -2.14. The van der Waals surface area contributed by atoms with Crippen molar-refractivity contribution >= 4 is 29.2 Å². The maximum absolute atomic E-state index is 13.4. The highest BCUT2D eigenvalue weighted by Gasteiger charge is 2.31. The minimum Gasteiger partial charge on any atom is -0.465 e. The van der Waals surface area contributed by atoms with Crippen molar-refractivity contribution in [1.82, 2.24) is 0 Å². The number of methoxy groups -OCH3 is 1. The quantitative estimate of drug-likeness (QED) is 0.545. The van der Waals surface area contributed by atoms with Crippen LogP contribution in [0.1, 0.15) is 36.6 Å². The van der Waals surface area contributed by atoms with Crippen molar-refractivity contribution < 1.29 is 32.3 Å². The molecule has 0 atom stereocenters. The first-order valence-corrected chi connectivity index (χ1v) is 9.26. The van der Waals surface area contributed by atoms with Crippen molar-refractivity contribution in [3.8, 4) is 0 Å². The monoisotopic (exact) mass is 442 g/mol. The second-order valence-electron chi connectivity index (χ2n) is 6.61. The number of amides is 2. The Morgan fingerprint density at radius 1 is 0.750 bits per heavy atom. The number of nitrogens with one attached hydrogen (secondary N) is 2. The Morgan fingerprint density at radius 3 is 1.84 bits per heavy atom. The molecule has 0 unspecified atom stereocenters. The van der Waals surface area contributed by atoms with Crippen molar-refractivity contribution in [3.63, 3.8) is 0 Å². The van der Waals surface area contributed by atoms with Gasteiger partial charge in [0.15, 0.2) is 0 Å². The molecule has 0 bridgehead atoms. The molecule has 9 heteroatoms. The standard InChI is InChI=1S/C23H17F3N2O4/c1-32-22(31)19-10-6-5-9-18(19)21(30)28-17-12-15(23(24,25)26)11-16(13-17)27-20(29)14-7-3-2-4-8-14/h2-13H,1H3,(H,27,29)(H,28,30). The largest absolute Gasteiger partial charge is 0.465 e. The van der Waals surface area contributed by atoms with Gasteiger partial charge in [-0.25, -0.2) is 4.79 Å². The first-order valence-electron chi connectivity index (χ1n) is 9.26. The molecule has 0 aliphatic carbocycles. The summed E-state index contributed by atoms with van der Waals surface area (Å²) < 4.78 is 44.8. The molecular formula is C23H17F3N2O4. The van der Waals surface area contributed by atoms with Crippen LogP contribution in [-0.4, -0.2) is 24.9 Å². The zero-order chi connectivity index (χ0) is 23.3. The van der Waals surface area contributed by atoms with Crippen molar-refractivity contribution in [2.24, 2.45) is 0 Å². The topological polar surface area (TPSA) is 84.5 Å². The highest BCUT2D eigenvalue weighted by Crippen LogP contribution is 2.34. The third-order valence-corrected chi connectivity index (χ3v) is 4.39. The van der Waals surface area contributed by atoms with Gasteiger partial charge in [0, 0.05) is 16.9 Å². The fraction of sp³-hybridized carbons (Fsp3) is 0.0870. The highest BCUT2D eigenvalue weighted by molar-refractivity contribution is 6.11. The smallest absolute Gasteiger partial charge is 0.416 e. The van der Waals surface area contributed by atoms with Crippen LogP contribution in [0.25, 0.3) is 0 Å². The normalized spacial score (nSPS) is 10.9. The Labute approximate surface area is 181 Å². The van der Waals surface area contributed by atoms with Gasteiger partial charge < -0.3 is 15.4 Å². The van der Waals surface area contributed by atoms with Crippen LogP contribution < -0.4 is 10.6 Å². The summed E-state index contributed by atoms with van der Waals surface area (Å²) in [7, 11) is 1.14. The third-order valence-electron chi connectivity index (χ3n) is 4.39. The molecule has 0 spiro atoms. The second-order valence-corrected chi connectivity index (χ2v) is 6.61. The van der Waals surface area contributed by atoms with Gasteiger partial charge in [0.05, 0.1) is 23.8 Å². The number of anilines is 2. The van der Waals surface area contributed by atoms with E-state index < -0.39 is 29.5 Å². The molecule has 2 N–H and O–H groups in total. The van der Waals surface area contributed by atoms with Crippen LogP contribution in [0.2, 0.25) is 0 Å². The third kappa shape index (κ3) is 5.31. The number of rotatable bonds is 5. The summed E-state index contributed by atoms with van der Waals surface area (Å²) >= 11 is 0. The molecule has 0 heterocycles. The summed E-state index contributed by atoms with van der Waals surface area (Å²) in [6.07, 6.45) is -4.73. The molecule has 0 saturated heterocycles. The van der Waals surface area contributed by atoms with Gasteiger partial charge in [0.1, 0.15) is 0 Å². The molecule has 3 aromatic carbocycles. The first kappa shape index (κ1) is 22.5. The van der Waals surface area contributed by atoms with E-state index in [2.05, 4.69) is 15.4 Å². The van der Waals surface area contributed by atoms with Gasteiger partial charge in [0.25, 0.3) is 11.8 Å². The van der Waals surface area contributed by atoms with E-state index in [-0.39, 0.29) is 28.1 Å². The molecule has 3 aromatic rings. The average Bonchev–Trinajstić information content (AvgIpc) is 2.78. The summed E-state index contributed by atoms with van der Waals surface area (Å²) in [6, 6.07) is 16.3. The van der Waals surface area contributed by atoms with E-state index in [4.69, 9.17) is 0 Å². The fourth-order valence-electron chi connectivity index (χ4n) is 2.90. The lowest BCUT2D eigenvalue weighted by molar-refractivity contribution is -0.137. The van der Waals surface area contributed by atoms with Crippen LogP contribution in [0, 0.1) is 0 Å². The number of halogens is 3. The lowest BCUT2D eigenvalue weighted by Crippen LogP contribution is -2.18. The van der Waals surface area contributed by atoms with Crippen LogP contribution in [0.4, 0.5) is 24.5 Å². The van der Waals surface area contributed by atoms with E-state index in [1.807, 2.05) is 0 Å². The van der Waals surface area contributed by atoms with Crippen LogP contribution in [0.3, 0.4) is 0 Å². The van der Waals surface area contributed by atoms with E-state index in [9.17, 15) is 27.6 Å². The van der Waals surface area contributed by atoms with Gasteiger partial charge >= 0.3 is 12.1 Å². The molecule has 0 aliphatic heterocycles. The van der Waals surface area contributed by atoms with Gasteiger partial charge in [-0.3, -0.25) is 9.59 Å². The second kappa shape index (κ2) is 9.34. The van der Waals surface area contributed by atoms with Crippen LogP contribution in [-0.2, 0) is 10.9 Å². The molecule has 164 valence electrons. The maximum atomic E-state index is 13.4. The average molecular weight is 442 g/mol. The number of esters is 1. The molecule has 0 radical (unpaired) electrons. The van der Waals surface area contributed by atoms with Crippen LogP contribution in [0.15, 0.2) is 72.8 Å². The van der Waals surface area contributed by atoms with E-state index >= 15 is 0 Å². The lowest BCUT2D eigenvalue weighted by atomic mass is 10.1. The summed E-state index contributed by atoms with van der Waals surface area (Å²) in [4.78, 5) is 36.9. The van der Waals surface area contributed by atoms with Crippen molar-refractivity contribution in [2.45, 2.75) is 6.18 Å². The van der Waals surface area contributed by atoms with E-state index in [0.29, 0.717) is 0 Å². The Morgan fingerprint density at radius 2 is 1.28 bits per heavy atom. The summed E-state index contributed by atoms with van der Waals surface area (Å²) in [5.74, 6) is -2.19. The number of hydrogen-bond acceptors (Lipinski definition) is 4. The summed E-state index contributed by atoms with van der Waals surface area (Å²) in [6.45, 7) is 0. The molecule has 0 aromatic heterocycles. The molecule has 3 rings (SSSR count). The van der Waals surface area contributed by atoms with Gasteiger partial charge in [-0.05, 0) is 42.5 Å². The molecule has 0 aliphatic rings. The number of carbonyl (C=O) groups excluding carboxylic acids is 3. The predicted octanol–water partition coefficient (Wildman–Crippen LogP) is 5.00. The van der Waals surface area contributed by atoms with Crippen molar-refractivity contribution in [1.29, 1.82) is 0 Å². The Hall–Kier alpha value is -4.14. The van der Waals surface area contributed by atoms with E-state index in [0.717, 1.165) is 19.2 Å². The minimum absolute atomic E-state index is 0.0444. The summed E-state index contributed by atoms with van der Waals surface area (Å²) in [5.41, 5.74) is -1.32. The van der Waals surface area contributed by atoms with E-state index in [1.54, 1.807) is 18.2 Å². The molecule has 6 nitrogen and oxygen atoms in total. The number of carbonyl (C=O) groups is 3. The maximum Gasteiger partial charge on any atom is 0.416 e. The molecule has 0 fully saturated rings. The molecule has 0 saturated carbocycles. The Kier molecular flexibility index (Phi) is 6.58. The van der Waals surface area contributed by atoms with Crippen LogP contribution >= 0.6 is 0 Å². The minimum atomic E-state index is -4.73. The fourth-order valence-corrected chi connectivity index (χ4v) is 2.90. The SMILES string of the molecule is COC(=O)c1ccccc1C(=O)Nc1cc(NC(=O)c2ccccc2)cc(C(F)(F)F)c1. The van der Waals surface area contributed by atoms with E-state index in [1.165, 1.54) is 42.5 Å². The number of benzene rings is 3. The predicted molar refractivity (Wildman–Crippen MR) is 112 cm³/mol. The van der Waals surface area contributed by atoms with Crippen molar-refractivity contribution in [3.05, 3.63) is 95.1 Å².